The van der Waals surface area contributed by atoms with Gasteiger partial charge in [0.2, 0.25) is 0 Å². The van der Waals surface area contributed by atoms with Gasteiger partial charge in [-0.15, -0.1) is 0 Å². The number of nitrogens with zero attached hydrogens (tertiary/aromatic N) is 1. The predicted octanol–water partition coefficient (Wildman–Crippen LogP) is 4.23. The highest BCUT2D eigenvalue weighted by atomic mass is 127. The van der Waals surface area contributed by atoms with Crippen LogP contribution in [0.15, 0.2) is 41.3 Å². The first-order valence-electron chi connectivity index (χ1n) is 8.90. The molecule has 3 rings (SSSR count). The van der Waals surface area contributed by atoms with E-state index in [0.717, 1.165) is 16.7 Å². The Bertz CT molecular complexity index is 1070. The van der Waals surface area contributed by atoms with Crippen LogP contribution in [0, 0.1) is 9.39 Å². The topological polar surface area (TPSA) is 82.1 Å². The Morgan fingerprint density at radius 3 is 2.65 bits per heavy atom. The monoisotopic (exact) mass is 557 g/mol. The summed E-state index contributed by atoms with van der Waals surface area (Å²) in [5.41, 5.74) is 0.859. The van der Waals surface area contributed by atoms with Crippen molar-refractivity contribution in [2.45, 2.75) is 6.54 Å². The van der Waals surface area contributed by atoms with Crippen LogP contribution in [0.3, 0.4) is 0 Å². The highest BCUT2D eigenvalue weighted by molar-refractivity contribution is 14.1. The molecule has 0 aliphatic carbocycles. The molecule has 0 N–H and O–H groups in total. The van der Waals surface area contributed by atoms with Crippen molar-refractivity contribution in [1.29, 1.82) is 0 Å². The summed E-state index contributed by atoms with van der Waals surface area (Å²) in [4.78, 5) is 37.6. The van der Waals surface area contributed by atoms with Crippen molar-refractivity contribution in [1.82, 2.24) is 4.90 Å². The molecule has 0 radical (unpaired) electrons. The van der Waals surface area contributed by atoms with Crippen LogP contribution in [0.2, 0.25) is 0 Å². The Morgan fingerprint density at radius 2 is 1.97 bits per heavy atom. The Labute approximate surface area is 195 Å². The number of rotatable bonds is 7. The highest BCUT2D eigenvalue weighted by Gasteiger charge is 2.35. The van der Waals surface area contributed by atoms with Gasteiger partial charge in [-0.25, -0.2) is 9.18 Å². The fourth-order valence-electron chi connectivity index (χ4n) is 2.74. The third kappa shape index (κ3) is 5.37. The Morgan fingerprint density at radius 1 is 1.23 bits per heavy atom. The van der Waals surface area contributed by atoms with E-state index in [1.807, 2.05) is 22.6 Å². The van der Waals surface area contributed by atoms with Gasteiger partial charge < -0.3 is 14.2 Å². The SMILES string of the molecule is COC(=O)COc1c(I)cc(/C=C2\SC(=O)N(Cc3ccccc3F)C2=O)cc1OC. The lowest BCUT2D eigenvalue weighted by Crippen LogP contribution is -2.27. The van der Waals surface area contributed by atoms with Gasteiger partial charge in [0.1, 0.15) is 5.82 Å². The number of hydrogen-bond donors (Lipinski definition) is 0. The molecule has 1 heterocycles. The minimum Gasteiger partial charge on any atom is -0.493 e. The summed E-state index contributed by atoms with van der Waals surface area (Å²) in [6.45, 7) is -0.424. The minimum absolute atomic E-state index is 0.143. The third-order valence-corrected chi connectivity index (χ3v) is 5.98. The molecule has 7 nitrogen and oxygen atoms in total. The van der Waals surface area contributed by atoms with Crippen molar-refractivity contribution in [2.75, 3.05) is 20.8 Å². The van der Waals surface area contributed by atoms with Crippen molar-refractivity contribution in [3.8, 4) is 11.5 Å². The fourth-order valence-corrected chi connectivity index (χ4v) is 4.36. The van der Waals surface area contributed by atoms with E-state index in [1.165, 1.54) is 26.4 Å². The molecule has 2 aromatic rings. The van der Waals surface area contributed by atoms with Gasteiger partial charge in [0.25, 0.3) is 11.1 Å². The van der Waals surface area contributed by atoms with E-state index in [-0.39, 0.29) is 23.6 Å². The van der Waals surface area contributed by atoms with Crippen LogP contribution >= 0.6 is 34.4 Å². The minimum atomic E-state index is -0.537. The van der Waals surface area contributed by atoms with Crippen molar-refractivity contribution in [3.63, 3.8) is 0 Å². The number of imide groups is 1. The first kappa shape index (κ1) is 23.1. The van der Waals surface area contributed by atoms with E-state index in [9.17, 15) is 18.8 Å². The van der Waals surface area contributed by atoms with E-state index < -0.39 is 22.9 Å². The Hall–Kier alpha value is -2.60. The van der Waals surface area contributed by atoms with Gasteiger partial charge in [-0.05, 0) is 64.2 Å². The number of carbonyl (C=O) groups excluding carboxylic acids is 3. The quantitative estimate of drug-likeness (QED) is 0.287. The number of thioether (sulfide) groups is 1. The first-order valence-corrected chi connectivity index (χ1v) is 10.8. The maximum Gasteiger partial charge on any atom is 0.343 e. The molecule has 0 atom stereocenters. The molecular weight excluding hydrogens is 540 g/mol. The molecule has 0 spiro atoms. The molecule has 1 fully saturated rings. The van der Waals surface area contributed by atoms with E-state index in [0.29, 0.717) is 20.6 Å². The van der Waals surface area contributed by atoms with Gasteiger partial charge in [0.15, 0.2) is 18.1 Å². The van der Waals surface area contributed by atoms with E-state index in [1.54, 1.807) is 30.3 Å². The van der Waals surface area contributed by atoms with Crippen molar-refractivity contribution in [2.24, 2.45) is 0 Å². The number of hydrogen-bond acceptors (Lipinski definition) is 7. The van der Waals surface area contributed by atoms with Crippen LogP contribution in [-0.4, -0.2) is 42.8 Å². The van der Waals surface area contributed by atoms with Gasteiger partial charge in [-0.2, -0.15) is 0 Å². The number of amides is 2. The molecule has 2 amide bonds. The van der Waals surface area contributed by atoms with Crippen LogP contribution in [0.25, 0.3) is 6.08 Å². The van der Waals surface area contributed by atoms with E-state index in [2.05, 4.69) is 4.74 Å². The second kappa shape index (κ2) is 10.1. The Kier molecular flexibility index (Phi) is 7.55. The molecule has 2 aromatic carbocycles. The van der Waals surface area contributed by atoms with E-state index in [4.69, 9.17) is 9.47 Å². The maximum absolute atomic E-state index is 13.9. The molecule has 162 valence electrons. The summed E-state index contributed by atoms with van der Waals surface area (Å²) in [7, 11) is 2.71. The van der Waals surface area contributed by atoms with Crippen LogP contribution in [0.4, 0.5) is 9.18 Å². The molecule has 1 saturated heterocycles. The lowest BCUT2D eigenvalue weighted by molar-refractivity contribution is -0.143. The second-order valence-corrected chi connectivity index (χ2v) is 8.41. The average Bonchev–Trinajstić information content (AvgIpc) is 3.01. The summed E-state index contributed by atoms with van der Waals surface area (Å²) in [6, 6.07) is 9.34. The lowest BCUT2D eigenvalue weighted by Gasteiger charge is -2.13. The molecule has 0 aromatic heterocycles. The van der Waals surface area contributed by atoms with Gasteiger partial charge in [-0.3, -0.25) is 14.5 Å². The van der Waals surface area contributed by atoms with Gasteiger partial charge >= 0.3 is 5.97 Å². The van der Waals surface area contributed by atoms with Crippen LogP contribution in [0.5, 0.6) is 11.5 Å². The molecule has 0 bridgehead atoms. The first-order chi connectivity index (χ1) is 14.8. The fraction of sp³-hybridized carbons (Fsp3) is 0.190. The number of halogens is 2. The number of methoxy groups -OCH3 is 2. The normalized spacial score (nSPS) is 14.8. The van der Waals surface area contributed by atoms with Crippen LogP contribution in [-0.2, 0) is 20.9 Å². The molecule has 10 heteroatoms. The van der Waals surface area contributed by atoms with Crippen molar-refractivity contribution >= 4 is 57.5 Å². The third-order valence-electron chi connectivity index (χ3n) is 4.27. The number of esters is 1. The van der Waals surface area contributed by atoms with Gasteiger partial charge in [0.05, 0.1) is 29.2 Å². The van der Waals surface area contributed by atoms with Crippen LogP contribution in [0.1, 0.15) is 11.1 Å². The predicted molar refractivity (Wildman–Crippen MR) is 121 cm³/mol. The lowest BCUT2D eigenvalue weighted by atomic mass is 10.1. The highest BCUT2D eigenvalue weighted by Crippen LogP contribution is 2.37. The summed E-state index contributed by atoms with van der Waals surface area (Å²) in [6.07, 6.45) is 1.56. The molecular formula is C21H17FINO6S. The largest absolute Gasteiger partial charge is 0.493 e. The molecule has 0 saturated carbocycles. The molecule has 31 heavy (non-hydrogen) atoms. The molecule has 1 aliphatic rings. The summed E-state index contributed by atoms with van der Waals surface area (Å²) < 4.78 is 29.9. The average molecular weight is 557 g/mol. The number of carbonyl (C=O) groups is 3. The van der Waals surface area contributed by atoms with Crippen molar-refractivity contribution < 1.29 is 33.0 Å². The maximum atomic E-state index is 13.9. The zero-order chi connectivity index (χ0) is 22.5. The van der Waals surface area contributed by atoms with Gasteiger partial charge in [-0.1, -0.05) is 18.2 Å². The Balaban J connectivity index is 1.83. The zero-order valence-corrected chi connectivity index (χ0v) is 19.5. The zero-order valence-electron chi connectivity index (χ0n) is 16.5. The summed E-state index contributed by atoms with van der Waals surface area (Å²) in [5, 5.41) is -0.473. The molecule has 0 unspecified atom stereocenters. The molecule has 1 aliphatic heterocycles. The number of ether oxygens (including phenoxy) is 3. The van der Waals surface area contributed by atoms with Crippen molar-refractivity contribution in [3.05, 3.63) is 61.8 Å². The number of benzene rings is 2. The summed E-state index contributed by atoms with van der Waals surface area (Å²) in [5.74, 6) is -0.804. The van der Waals surface area contributed by atoms with Gasteiger partial charge in [0, 0.05) is 5.56 Å². The van der Waals surface area contributed by atoms with Crippen LogP contribution < -0.4 is 9.47 Å². The standard InChI is InChI=1S/C21H17FINO6S/c1-28-16-8-12(7-15(23)19(16)30-11-18(25)29-2)9-17-20(26)24(21(27)31-17)10-13-5-3-4-6-14(13)22/h3-9H,10-11H2,1-2H3/b17-9-. The smallest absolute Gasteiger partial charge is 0.343 e. The van der Waals surface area contributed by atoms with E-state index >= 15 is 0 Å². The summed E-state index contributed by atoms with van der Waals surface area (Å²) >= 11 is 2.80. The second-order valence-electron chi connectivity index (χ2n) is 6.26.